The number of nitrogens with zero attached hydrogens (tertiary/aromatic N) is 2. The zero-order valence-electron chi connectivity index (χ0n) is 10.5. The van der Waals surface area contributed by atoms with Crippen LogP contribution in [0.5, 0.6) is 5.75 Å². The Morgan fingerprint density at radius 1 is 1.33 bits per heavy atom. The van der Waals surface area contributed by atoms with Gasteiger partial charge in [0.1, 0.15) is 12.4 Å². The fourth-order valence-electron chi connectivity index (χ4n) is 1.58. The maximum atomic E-state index is 11.0. The van der Waals surface area contributed by atoms with Crippen molar-refractivity contribution >= 4 is 34.7 Å². The van der Waals surface area contributed by atoms with Gasteiger partial charge < -0.3 is 10.2 Å². The van der Waals surface area contributed by atoms with E-state index in [9.17, 15) is 10.1 Å². The summed E-state index contributed by atoms with van der Waals surface area (Å²) in [6.45, 7) is 0.0933. The Hall–Kier alpha value is -2.09. The Morgan fingerprint density at radius 2 is 2.05 bits per heavy atom. The van der Waals surface area contributed by atoms with Crippen LogP contribution in [0.2, 0.25) is 10.0 Å². The minimum Gasteiger partial charge on any atom is -0.482 e. The number of pyridine rings is 1. The summed E-state index contributed by atoms with van der Waals surface area (Å²) in [4.78, 5) is 14.3. The van der Waals surface area contributed by atoms with E-state index in [2.05, 4.69) is 10.4 Å². The first-order chi connectivity index (χ1) is 10.0. The molecule has 110 valence electrons. The Balaban J connectivity index is 2.22. The summed E-state index contributed by atoms with van der Waals surface area (Å²) in [6.07, 6.45) is 1.54. The van der Waals surface area contributed by atoms with Crippen molar-refractivity contribution in [3.63, 3.8) is 0 Å². The first-order valence-electron chi connectivity index (χ1n) is 5.69. The van der Waals surface area contributed by atoms with E-state index < -0.39 is 4.92 Å². The fraction of sp³-hybridized carbons (Fsp3) is 0.0833. The third-order valence-electron chi connectivity index (χ3n) is 2.57. The monoisotopic (exact) mass is 328 g/mol. The Morgan fingerprint density at radius 3 is 2.71 bits per heavy atom. The number of rotatable bonds is 5. The summed E-state index contributed by atoms with van der Waals surface area (Å²) in [5.41, 5.74) is 2.88. The lowest BCUT2D eigenvalue weighted by atomic mass is 10.2. The van der Waals surface area contributed by atoms with Gasteiger partial charge in [0.05, 0.1) is 15.0 Å². The molecule has 0 aliphatic carbocycles. The number of nitrogens with two attached hydrogens (primary N) is 1. The molecular formula is C12H10Cl2N4O3. The molecule has 1 heterocycles. The molecule has 2 aromatic rings. The van der Waals surface area contributed by atoms with Gasteiger partial charge in [-0.25, -0.2) is 10.8 Å². The van der Waals surface area contributed by atoms with Gasteiger partial charge in [0.25, 0.3) is 0 Å². The number of hydrazine groups is 1. The van der Waals surface area contributed by atoms with Crippen molar-refractivity contribution in [2.45, 2.75) is 6.61 Å². The summed E-state index contributed by atoms with van der Waals surface area (Å²) < 4.78 is 5.44. The minimum absolute atomic E-state index is 0.0356. The molecule has 0 unspecified atom stereocenters. The molecule has 3 N–H and O–H groups in total. The molecule has 7 nitrogen and oxygen atoms in total. The van der Waals surface area contributed by atoms with E-state index in [1.54, 1.807) is 12.1 Å². The van der Waals surface area contributed by atoms with E-state index >= 15 is 0 Å². The highest BCUT2D eigenvalue weighted by Gasteiger charge is 2.18. The van der Waals surface area contributed by atoms with Gasteiger partial charge in [-0.1, -0.05) is 23.2 Å². The highest BCUT2D eigenvalue weighted by molar-refractivity contribution is 6.42. The van der Waals surface area contributed by atoms with Crippen LogP contribution in [0.15, 0.2) is 30.5 Å². The molecule has 1 aromatic heterocycles. The number of ether oxygens (including phenoxy) is 1. The molecule has 2 rings (SSSR count). The molecule has 0 saturated carbocycles. The number of hydrogen-bond acceptors (Lipinski definition) is 6. The second-order valence-corrected chi connectivity index (χ2v) is 4.79. The number of benzene rings is 1. The first-order valence-corrected chi connectivity index (χ1v) is 6.44. The largest absolute Gasteiger partial charge is 0.482 e. The van der Waals surface area contributed by atoms with E-state index in [4.69, 9.17) is 33.8 Å². The van der Waals surface area contributed by atoms with Crippen molar-refractivity contribution in [1.82, 2.24) is 4.98 Å². The molecule has 0 amide bonds. The van der Waals surface area contributed by atoms with Crippen LogP contribution in [-0.2, 0) is 6.61 Å². The predicted octanol–water partition coefficient (Wildman–Crippen LogP) is 3.16. The number of aromatic nitrogens is 1. The van der Waals surface area contributed by atoms with Crippen LogP contribution in [0.25, 0.3) is 0 Å². The summed E-state index contributed by atoms with van der Waals surface area (Å²) in [6, 6.07) is 5.82. The Labute approximate surface area is 129 Å². The van der Waals surface area contributed by atoms with Gasteiger partial charge in [0.15, 0.2) is 5.75 Å². The van der Waals surface area contributed by atoms with Crippen LogP contribution in [-0.4, -0.2) is 9.91 Å². The molecule has 21 heavy (non-hydrogen) atoms. The molecule has 0 atom stereocenters. The lowest BCUT2D eigenvalue weighted by Gasteiger charge is -2.09. The number of halogens is 2. The smallest absolute Gasteiger partial charge is 0.312 e. The highest BCUT2D eigenvalue weighted by Crippen LogP contribution is 2.36. The van der Waals surface area contributed by atoms with Crippen molar-refractivity contribution in [1.29, 1.82) is 0 Å². The third-order valence-corrected chi connectivity index (χ3v) is 3.29. The molecule has 1 aromatic carbocycles. The summed E-state index contributed by atoms with van der Waals surface area (Å²) in [5.74, 6) is 5.75. The minimum atomic E-state index is -0.586. The zero-order valence-corrected chi connectivity index (χ0v) is 12.1. The highest BCUT2D eigenvalue weighted by atomic mass is 35.5. The molecule has 0 saturated heterocycles. The van der Waals surface area contributed by atoms with Gasteiger partial charge in [-0.2, -0.15) is 0 Å². The lowest BCUT2D eigenvalue weighted by molar-refractivity contribution is -0.385. The third kappa shape index (κ3) is 3.72. The predicted molar refractivity (Wildman–Crippen MR) is 79.5 cm³/mol. The number of nitrogen functional groups attached to an aromatic ring is 1. The molecular weight excluding hydrogens is 319 g/mol. The molecule has 0 aliphatic heterocycles. The maximum Gasteiger partial charge on any atom is 0.312 e. The van der Waals surface area contributed by atoms with Crippen LogP contribution < -0.4 is 16.0 Å². The van der Waals surface area contributed by atoms with Crippen molar-refractivity contribution in [2.24, 2.45) is 5.84 Å². The van der Waals surface area contributed by atoms with Gasteiger partial charge >= 0.3 is 5.69 Å². The number of nitro benzene ring substituents is 1. The summed E-state index contributed by atoms with van der Waals surface area (Å²) in [5, 5.41) is 11.3. The van der Waals surface area contributed by atoms with Gasteiger partial charge in [-0.15, -0.1) is 0 Å². The fourth-order valence-corrected chi connectivity index (χ4v) is 1.89. The van der Waals surface area contributed by atoms with E-state index in [1.165, 1.54) is 12.3 Å². The average molecular weight is 329 g/mol. The van der Waals surface area contributed by atoms with Gasteiger partial charge in [0.2, 0.25) is 0 Å². The van der Waals surface area contributed by atoms with Gasteiger partial charge in [-0.05, 0) is 17.7 Å². The van der Waals surface area contributed by atoms with E-state index in [0.29, 0.717) is 5.82 Å². The zero-order chi connectivity index (χ0) is 15.4. The SMILES string of the molecule is NNc1cc(COc2cc(Cl)c(Cl)cc2[N+](=O)[O-])ccn1. The summed E-state index contributed by atoms with van der Waals surface area (Å²) >= 11 is 11.6. The second-order valence-electron chi connectivity index (χ2n) is 3.97. The standard InChI is InChI=1S/C12H10Cl2N4O3/c13-8-4-10(18(19)20)11(5-9(8)14)21-6-7-1-2-16-12(3-7)17-15/h1-5H,6,15H2,(H,16,17). The molecule has 0 radical (unpaired) electrons. The number of nitro groups is 1. The molecule has 0 fully saturated rings. The second kappa shape index (κ2) is 6.57. The molecule has 0 spiro atoms. The quantitative estimate of drug-likeness (QED) is 0.496. The molecule has 0 bridgehead atoms. The maximum absolute atomic E-state index is 11.0. The van der Waals surface area contributed by atoms with Crippen LogP contribution in [0.1, 0.15) is 5.56 Å². The topological polar surface area (TPSA) is 103 Å². The summed E-state index contributed by atoms with van der Waals surface area (Å²) in [7, 11) is 0. The van der Waals surface area contributed by atoms with Crippen LogP contribution >= 0.6 is 23.2 Å². The van der Waals surface area contributed by atoms with Crippen molar-refractivity contribution < 1.29 is 9.66 Å². The van der Waals surface area contributed by atoms with Gasteiger partial charge in [-0.3, -0.25) is 10.1 Å². The van der Waals surface area contributed by atoms with E-state index in [0.717, 1.165) is 11.6 Å². The van der Waals surface area contributed by atoms with Gasteiger partial charge in [0, 0.05) is 18.3 Å². The molecule has 9 heteroatoms. The number of nitrogens with one attached hydrogen (secondary N) is 1. The van der Waals surface area contributed by atoms with E-state index in [-0.39, 0.29) is 28.1 Å². The van der Waals surface area contributed by atoms with Crippen molar-refractivity contribution in [2.75, 3.05) is 5.43 Å². The lowest BCUT2D eigenvalue weighted by Crippen LogP contribution is -2.09. The Bertz CT molecular complexity index is 682. The first kappa shape index (κ1) is 15.3. The van der Waals surface area contributed by atoms with Crippen LogP contribution in [0.3, 0.4) is 0 Å². The number of anilines is 1. The van der Waals surface area contributed by atoms with Crippen molar-refractivity contribution in [3.05, 3.63) is 56.2 Å². The number of hydrogen-bond donors (Lipinski definition) is 2. The molecule has 0 aliphatic rings. The average Bonchev–Trinajstić information content (AvgIpc) is 2.48. The van der Waals surface area contributed by atoms with Crippen LogP contribution in [0.4, 0.5) is 11.5 Å². The van der Waals surface area contributed by atoms with E-state index in [1.807, 2.05) is 0 Å². The normalized spacial score (nSPS) is 10.2. The van der Waals surface area contributed by atoms with Crippen molar-refractivity contribution in [3.8, 4) is 5.75 Å². The van der Waals surface area contributed by atoms with Crippen LogP contribution in [0, 0.1) is 10.1 Å². The Kier molecular flexibility index (Phi) is 4.79.